The summed E-state index contributed by atoms with van der Waals surface area (Å²) in [7, 11) is 0. The molecular weight excluding hydrogens is 444 g/mol. The van der Waals surface area contributed by atoms with Crippen molar-refractivity contribution < 1.29 is 14.3 Å². The lowest BCUT2D eigenvalue weighted by Crippen LogP contribution is -2.27. The minimum atomic E-state index is -0.153. The highest BCUT2D eigenvalue weighted by Crippen LogP contribution is 2.42. The van der Waals surface area contributed by atoms with Gasteiger partial charge in [-0.2, -0.15) is 0 Å². The molecule has 6 heteroatoms. The maximum absolute atomic E-state index is 12.8. The van der Waals surface area contributed by atoms with Gasteiger partial charge in [-0.25, -0.2) is 0 Å². The molecule has 1 saturated heterocycles. The minimum Gasteiger partial charge on any atom is -0.494 e. The third-order valence-corrected chi connectivity index (χ3v) is 6.97. The fourth-order valence-corrected chi connectivity index (χ4v) is 5.16. The number of hydrogen-bond donors (Lipinski definition) is 1. The van der Waals surface area contributed by atoms with Crippen LogP contribution in [0.4, 0.5) is 11.4 Å². The smallest absolute Gasteiger partial charge is 0.255 e. The number of ether oxygens (including phenoxy) is 1. The zero-order valence-electron chi connectivity index (χ0n) is 19.6. The number of unbranched alkanes of at least 4 members (excludes halogenated alkanes) is 1. The van der Waals surface area contributed by atoms with Crippen molar-refractivity contribution in [2.75, 3.05) is 22.6 Å². The predicted molar refractivity (Wildman–Crippen MR) is 140 cm³/mol. The van der Waals surface area contributed by atoms with Crippen molar-refractivity contribution in [2.45, 2.75) is 38.5 Å². The summed E-state index contributed by atoms with van der Waals surface area (Å²) in [6, 6.07) is 23.1. The fraction of sp³-hybridized carbons (Fsp3) is 0.286. The van der Waals surface area contributed by atoms with Crippen molar-refractivity contribution in [2.24, 2.45) is 0 Å². The highest BCUT2D eigenvalue weighted by molar-refractivity contribution is 8.00. The molecule has 1 atom stereocenters. The van der Waals surface area contributed by atoms with Crippen LogP contribution in [0.5, 0.6) is 5.75 Å². The number of thioether (sulfide) groups is 1. The topological polar surface area (TPSA) is 58.6 Å². The normalized spacial score (nSPS) is 15.4. The Labute approximate surface area is 205 Å². The Bertz CT molecular complexity index is 1130. The van der Waals surface area contributed by atoms with Gasteiger partial charge >= 0.3 is 0 Å². The first-order chi connectivity index (χ1) is 16.6. The molecule has 0 radical (unpaired) electrons. The highest BCUT2D eigenvalue weighted by Gasteiger charge is 2.34. The number of benzene rings is 3. The van der Waals surface area contributed by atoms with E-state index in [2.05, 4.69) is 12.2 Å². The first-order valence-electron chi connectivity index (χ1n) is 11.8. The number of nitrogens with one attached hydrogen (secondary N) is 1. The van der Waals surface area contributed by atoms with Crippen LogP contribution >= 0.6 is 11.8 Å². The van der Waals surface area contributed by atoms with Gasteiger partial charge in [0, 0.05) is 16.9 Å². The van der Waals surface area contributed by atoms with Crippen LogP contribution in [0.15, 0.2) is 72.8 Å². The second-order valence-corrected chi connectivity index (χ2v) is 9.30. The SMILES string of the molecule is CCCCc1ccc(C(=O)Nc2cccc([C@@H]3SCC(=O)N3c3ccc(OCC)cc3)c2)cc1. The van der Waals surface area contributed by atoms with Gasteiger partial charge < -0.3 is 10.1 Å². The summed E-state index contributed by atoms with van der Waals surface area (Å²) in [4.78, 5) is 27.3. The number of rotatable bonds is 9. The Morgan fingerprint density at radius 2 is 1.82 bits per heavy atom. The monoisotopic (exact) mass is 474 g/mol. The average Bonchev–Trinajstić information content (AvgIpc) is 3.25. The van der Waals surface area contributed by atoms with E-state index in [-0.39, 0.29) is 17.2 Å². The van der Waals surface area contributed by atoms with E-state index in [0.717, 1.165) is 36.3 Å². The Morgan fingerprint density at radius 1 is 1.06 bits per heavy atom. The number of aryl methyl sites for hydroxylation is 1. The van der Waals surface area contributed by atoms with Crippen LogP contribution in [0.3, 0.4) is 0 Å². The molecule has 5 nitrogen and oxygen atoms in total. The van der Waals surface area contributed by atoms with Crippen molar-refractivity contribution in [3.63, 3.8) is 0 Å². The number of carbonyl (C=O) groups is 2. The van der Waals surface area contributed by atoms with Crippen LogP contribution in [0, 0.1) is 0 Å². The van der Waals surface area contributed by atoms with Crippen molar-refractivity contribution >= 4 is 35.0 Å². The second-order valence-electron chi connectivity index (χ2n) is 8.23. The molecule has 0 bridgehead atoms. The molecule has 0 unspecified atom stereocenters. The van der Waals surface area contributed by atoms with E-state index >= 15 is 0 Å². The van der Waals surface area contributed by atoms with E-state index in [1.165, 1.54) is 5.56 Å². The molecular formula is C28H30N2O3S. The summed E-state index contributed by atoms with van der Waals surface area (Å²) in [5, 5.41) is 2.85. The molecule has 2 amide bonds. The summed E-state index contributed by atoms with van der Waals surface area (Å²) >= 11 is 1.59. The molecule has 1 aliphatic heterocycles. The van der Waals surface area contributed by atoms with Gasteiger partial charge in [0.1, 0.15) is 11.1 Å². The quantitative estimate of drug-likeness (QED) is 0.387. The standard InChI is InChI=1S/C28H30N2O3S/c1-3-5-7-20-10-12-21(13-11-20)27(32)29-23-9-6-8-22(18-23)28-30(26(31)19-34-28)24-14-16-25(17-15-24)33-4-2/h6,8-18,28H,3-5,7,19H2,1-2H3,(H,29,32)/t28-/m0/s1. The van der Waals surface area contributed by atoms with Gasteiger partial charge in [-0.1, -0.05) is 37.6 Å². The Balaban J connectivity index is 1.48. The van der Waals surface area contributed by atoms with Crippen LogP contribution in [0.25, 0.3) is 0 Å². The van der Waals surface area contributed by atoms with E-state index in [4.69, 9.17) is 4.74 Å². The minimum absolute atomic E-state index is 0.0664. The number of hydrogen-bond acceptors (Lipinski definition) is 4. The molecule has 3 aromatic rings. The summed E-state index contributed by atoms with van der Waals surface area (Å²) in [6.45, 7) is 4.72. The molecule has 1 fully saturated rings. The van der Waals surface area contributed by atoms with Crippen molar-refractivity contribution in [3.05, 3.63) is 89.5 Å². The van der Waals surface area contributed by atoms with Gasteiger partial charge in [0.25, 0.3) is 5.91 Å². The van der Waals surface area contributed by atoms with Crippen LogP contribution in [0.2, 0.25) is 0 Å². The lowest BCUT2D eigenvalue weighted by Gasteiger charge is -2.25. The summed E-state index contributed by atoms with van der Waals surface area (Å²) < 4.78 is 5.53. The Morgan fingerprint density at radius 3 is 2.53 bits per heavy atom. The molecule has 1 aliphatic rings. The molecule has 4 rings (SSSR count). The maximum Gasteiger partial charge on any atom is 0.255 e. The molecule has 3 aromatic carbocycles. The summed E-state index contributed by atoms with van der Waals surface area (Å²) in [5.41, 5.74) is 4.40. The lowest BCUT2D eigenvalue weighted by atomic mass is 10.1. The summed E-state index contributed by atoms with van der Waals surface area (Å²) in [6.07, 6.45) is 3.33. The molecule has 176 valence electrons. The number of nitrogens with zero attached hydrogens (tertiary/aromatic N) is 1. The van der Waals surface area contributed by atoms with E-state index in [9.17, 15) is 9.59 Å². The van der Waals surface area contributed by atoms with Crippen molar-refractivity contribution in [1.82, 2.24) is 0 Å². The van der Waals surface area contributed by atoms with E-state index in [1.54, 1.807) is 11.8 Å². The average molecular weight is 475 g/mol. The van der Waals surface area contributed by atoms with Gasteiger partial charge in [-0.15, -0.1) is 11.8 Å². The Kier molecular flexibility index (Phi) is 7.91. The molecule has 34 heavy (non-hydrogen) atoms. The maximum atomic E-state index is 12.8. The highest BCUT2D eigenvalue weighted by atomic mass is 32.2. The van der Waals surface area contributed by atoms with Crippen molar-refractivity contribution in [1.29, 1.82) is 0 Å². The van der Waals surface area contributed by atoms with E-state index in [0.29, 0.717) is 23.6 Å². The zero-order chi connectivity index (χ0) is 23.9. The van der Waals surface area contributed by atoms with Crippen LogP contribution in [0.1, 0.15) is 53.5 Å². The van der Waals surface area contributed by atoms with Crippen LogP contribution < -0.4 is 15.0 Å². The Hall–Kier alpha value is -3.25. The van der Waals surface area contributed by atoms with E-state index < -0.39 is 0 Å². The molecule has 1 N–H and O–H groups in total. The molecule has 0 saturated carbocycles. The number of carbonyl (C=O) groups excluding carboxylic acids is 2. The number of anilines is 2. The van der Waals surface area contributed by atoms with Crippen LogP contribution in [-0.4, -0.2) is 24.2 Å². The summed E-state index contributed by atoms with van der Waals surface area (Å²) in [5.74, 6) is 1.12. The van der Waals surface area contributed by atoms with Crippen molar-refractivity contribution in [3.8, 4) is 5.75 Å². The van der Waals surface area contributed by atoms with Gasteiger partial charge in [0.05, 0.1) is 12.4 Å². The van der Waals surface area contributed by atoms with E-state index in [1.807, 2.05) is 84.6 Å². The van der Waals surface area contributed by atoms with Gasteiger partial charge in [0.15, 0.2) is 0 Å². The first-order valence-corrected chi connectivity index (χ1v) is 12.8. The van der Waals surface area contributed by atoms with Crippen LogP contribution in [-0.2, 0) is 11.2 Å². The molecule has 0 spiro atoms. The third-order valence-electron chi connectivity index (χ3n) is 5.76. The fourth-order valence-electron chi connectivity index (χ4n) is 4.00. The van der Waals surface area contributed by atoms with Gasteiger partial charge in [0.2, 0.25) is 5.91 Å². The molecule has 0 aromatic heterocycles. The third kappa shape index (κ3) is 5.62. The molecule has 1 heterocycles. The second kappa shape index (κ2) is 11.3. The molecule has 0 aliphatic carbocycles. The largest absolute Gasteiger partial charge is 0.494 e. The predicted octanol–water partition coefficient (Wildman–Crippen LogP) is 6.46. The van der Waals surface area contributed by atoms with Gasteiger partial charge in [-0.05, 0) is 79.4 Å². The van der Waals surface area contributed by atoms with Gasteiger partial charge in [-0.3, -0.25) is 14.5 Å². The number of amides is 2. The lowest BCUT2D eigenvalue weighted by molar-refractivity contribution is -0.115. The zero-order valence-corrected chi connectivity index (χ0v) is 20.4. The first kappa shape index (κ1) is 23.9.